The van der Waals surface area contributed by atoms with Gasteiger partial charge < -0.3 is 10.6 Å². The Bertz CT molecular complexity index is 448. The van der Waals surface area contributed by atoms with Gasteiger partial charge in [0.05, 0.1) is 0 Å². The molecule has 0 spiro atoms. The Kier molecular flexibility index (Phi) is 13.2. The highest BCUT2D eigenvalue weighted by molar-refractivity contribution is 6.18. The standard InChI is InChI=1S/C21H35ClN2O/c1-2-3-4-5-6-7-8-9-10-11-12-19-13-15-20(16-14-19)24-21(25)23-18-17-22/h13-16H,2-12,17-18H2,1H3,(H2,23,24,25). The van der Waals surface area contributed by atoms with E-state index < -0.39 is 0 Å². The Morgan fingerprint density at radius 3 is 2.00 bits per heavy atom. The highest BCUT2D eigenvalue weighted by atomic mass is 35.5. The number of hydrogen-bond donors (Lipinski definition) is 2. The predicted molar refractivity (Wildman–Crippen MR) is 110 cm³/mol. The molecule has 0 aromatic heterocycles. The number of amides is 2. The fourth-order valence-electron chi connectivity index (χ4n) is 2.91. The van der Waals surface area contributed by atoms with E-state index in [4.69, 9.17) is 11.6 Å². The lowest BCUT2D eigenvalue weighted by Gasteiger charge is -2.07. The number of anilines is 1. The van der Waals surface area contributed by atoms with Crippen LogP contribution in [0.25, 0.3) is 0 Å². The van der Waals surface area contributed by atoms with Gasteiger partial charge in [-0.15, -0.1) is 11.6 Å². The monoisotopic (exact) mass is 366 g/mol. The van der Waals surface area contributed by atoms with Crippen LogP contribution in [0.1, 0.15) is 76.7 Å². The van der Waals surface area contributed by atoms with Gasteiger partial charge in [-0.1, -0.05) is 76.8 Å². The van der Waals surface area contributed by atoms with E-state index in [9.17, 15) is 4.79 Å². The van der Waals surface area contributed by atoms with Crippen molar-refractivity contribution in [3.8, 4) is 0 Å². The summed E-state index contributed by atoms with van der Waals surface area (Å²) in [6, 6.07) is 7.93. The van der Waals surface area contributed by atoms with E-state index in [2.05, 4.69) is 29.7 Å². The molecule has 4 heteroatoms. The van der Waals surface area contributed by atoms with Crippen molar-refractivity contribution in [1.82, 2.24) is 5.32 Å². The molecule has 0 unspecified atom stereocenters. The number of halogens is 1. The lowest BCUT2D eigenvalue weighted by molar-refractivity contribution is 0.252. The molecule has 0 bridgehead atoms. The SMILES string of the molecule is CCCCCCCCCCCCc1ccc(NC(=O)NCCCl)cc1. The first-order valence-corrected chi connectivity index (χ1v) is 10.5. The highest BCUT2D eigenvalue weighted by Gasteiger charge is 2.01. The van der Waals surface area contributed by atoms with Gasteiger partial charge in [-0.3, -0.25) is 0 Å². The van der Waals surface area contributed by atoms with Crippen molar-refractivity contribution in [2.45, 2.75) is 77.6 Å². The number of carbonyl (C=O) groups is 1. The van der Waals surface area contributed by atoms with Crippen LogP contribution in [0.15, 0.2) is 24.3 Å². The molecule has 0 aliphatic heterocycles. The summed E-state index contributed by atoms with van der Waals surface area (Å²) in [5, 5.41) is 5.49. The zero-order valence-corrected chi connectivity index (χ0v) is 16.5. The van der Waals surface area contributed by atoms with E-state index in [1.54, 1.807) is 0 Å². The predicted octanol–water partition coefficient (Wildman–Crippen LogP) is 6.51. The molecule has 1 aromatic carbocycles. The molecule has 0 aliphatic rings. The number of nitrogens with one attached hydrogen (secondary N) is 2. The second kappa shape index (κ2) is 15.1. The third kappa shape index (κ3) is 11.9. The van der Waals surface area contributed by atoms with Crippen LogP contribution in [0.3, 0.4) is 0 Å². The number of aryl methyl sites for hydroxylation is 1. The van der Waals surface area contributed by atoms with E-state index in [0.29, 0.717) is 12.4 Å². The number of benzene rings is 1. The molecule has 0 heterocycles. The summed E-state index contributed by atoms with van der Waals surface area (Å²) < 4.78 is 0. The van der Waals surface area contributed by atoms with Crippen molar-refractivity contribution in [2.75, 3.05) is 17.7 Å². The van der Waals surface area contributed by atoms with Gasteiger partial charge in [0, 0.05) is 18.1 Å². The summed E-state index contributed by atoms with van der Waals surface area (Å²) in [6.45, 7) is 2.74. The summed E-state index contributed by atoms with van der Waals surface area (Å²) in [4.78, 5) is 11.5. The second-order valence-corrected chi connectivity index (χ2v) is 7.08. The molecule has 0 aliphatic carbocycles. The first kappa shape index (κ1) is 21.8. The summed E-state index contributed by atoms with van der Waals surface area (Å²) in [5.74, 6) is 0.422. The van der Waals surface area contributed by atoms with Crippen molar-refractivity contribution in [1.29, 1.82) is 0 Å². The molecule has 0 fully saturated rings. The lowest BCUT2D eigenvalue weighted by Crippen LogP contribution is -2.30. The number of unbranched alkanes of at least 4 members (excludes halogenated alkanes) is 9. The Morgan fingerprint density at radius 1 is 0.880 bits per heavy atom. The Labute approximate surface area is 158 Å². The Balaban J connectivity index is 2.05. The van der Waals surface area contributed by atoms with Gasteiger partial charge in [0.1, 0.15) is 0 Å². The van der Waals surface area contributed by atoms with Crippen LogP contribution in [0.5, 0.6) is 0 Å². The fourth-order valence-corrected chi connectivity index (χ4v) is 3.00. The molecular formula is C21H35ClN2O. The van der Waals surface area contributed by atoms with Crippen molar-refractivity contribution in [3.63, 3.8) is 0 Å². The Morgan fingerprint density at radius 2 is 1.44 bits per heavy atom. The van der Waals surface area contributed by atoms with Crippen molar-refractivity contribution in [2.24, 2.45) is 0 Å². The molecule has 142 valence electrons. The summed E-state index contributed by atoms with van der Waals surface area (Å²) in [5.41, 5.74) is 2.16. The minimum Gasteiger partial charge on any atom is -0.337 e. The van der Waals surface area contributed by atoms with Crippen LogP contribution in [0.2, 0.25) is 0 Å². The first-order chi connectivity index (χ1) is 12.3. The van der Waals surface area contributed by atoms with Gasteiger partial charge in [-0.25, -0.2) is 4.79 Å². The second-order valence-electron chi connectivity index (χ2n) is 6.70. The van der Waals surface area contributed by atoms with Gasteiger partial charge in [-0.05, 0) is 30.5 Å². The minimum absolute atomic E-state index is 0.205. The molecule has 2 amide bonds. The van der Waals surface area contributed by atoms with Crippen molar-refractivity contribution < 1.29 is 4.79 Å². The van der Waals surface area contributed by atoms with Crippen LogP contribution >= 0.6 is 11.6 Å². The summed E-state index contributed by atoms with van der Waals surface area (Å²) in [6.07, 6.45) is 14.8. The van der Waals surface area contributed by atoms with E-state index in [1.165, 1.54) is 69.8 Å². The number of carbonyl (C=O) groups excluding carboxylic acids is 1. The van der Waals surface area contributed by atoms with E-state index in [1.807, 2.05) is 12.1 Å². The van der Waals surface area contributed by atoms with E-state index in [0.717, 1.165) is 12.1 Å². The quantitative estimate of drug-likeness (QED) is 0.286. The zero-order chi connectivity index (χ0) is 18.2. The van der Waals surface area contributed by atoms with Gasteiger partial charge in [-0.2, -0.15) is 0 Å². The Hall–Kier alpha value is -1.22. The van der Waals surface area contributed by atoms with Gasteiger partial charge in [0.15, 0.2) is 0 Å². The maximum absolute atomic E-state index is 11.5. The van der Waals surface area contributed by atoms with Crippen LogP contribution in [0.4, 0.5) is 10.5 Å². The van der Waals surface area contributed by atoms with E-state index >= 15 is 0 Å². The van der Waals surface area contributed by atoms with Crippen LogP contribution < -0.4 is 10.6 Å². The number of alkyl halides is 1. The molecule has 3 nitrogen and oxygen atoms in total. The molecule has 0 atom stereocenters. The lowest BCUT2D eigenvalue weighted by atomic mass is 10.0. The number of rotatable bonds is 14. The maximum Gasteiger partial charge on any atom is 0.319 e. The number of urea groups is 1. The third-order valence-corrected chi connectivity index (χ3v) is 4.60. The smallest absolute Gasteiger partial charge is 0.319 e. The average Bonchev–Trinajstić information content (AvgIpc) is 2.63. The number of hydrogen-bond acceptors (Lipinski definition) is 1. The molecule has 0 saturated carbocycles. The normalized spacial score (nSPS) is 10.6. The maximum atomic E-state index is 11.5. The highest BCUT2D eigenvalue weighted by Crippen LogP contribution is 2.14. The molecule has 1 aromatic rings. The summed E-state index contributed by atoms with van der Waals surface area (Å²) >= 11 is 5.54. The molecule has 0 saturated heterocycles. The molecule has 0 radical (unpaired) electrons. The van der Waals surface area contributed by atoms with E-state index in [-0.39, 0.29) is 6.03 Å². The van der Waals surface area contributed by atoms with Crippen LogP contribution in [-0.4, -0.2) is 18.5 Å². The zero-order valence-electron chi connectivity index (χ0n) is 15.8. The first-order valence-electron chi connectivity index (χ1n) is 9.96. The largest absolute Gasteiger partial charge is 0.337 e. The van der Waals surface area contributed by atoms with Crippen LogP contribution in [-0.2, 0) is 6.42 Å². The van der Waals surface area contributed by atoms with Crippen molar-refractivity contribution in [3.05, 3.63) is 29.8 Å². The summed E-state index contributed by atoms with van der Waals surface area (Å²) in [7, 11) is 0. The molecule has 25 heavy (non-hydrogen) atoms. The fraction of sp³-hybridized carbons (Fsp3) is 0.667. The molecule has 1 rings (SSSR count). The van der Waals surface area contributed by atoms with Gasteiger partial charge in [0.2, 0.25) is 0 Å². The molecule has 2 N–H and O–H groups in total. The van der Waals surface area contributed by atoms with Crippen LogP contribution in [0, 0.1) is 0 Å². The average molecular weight is 367 g/mol. The molecular weight excluding hydrogens is 332 g/mol. The third-order valence-electron chi connectivity index (χ3n) is 4.41. The topological polar surface area (TPSA) is 41.1 Å². The van der Waals surface area contributed by atoms with Gasteiger partial charge in [0.25, 0.3) is 0 Å². The van der Waals surface area contributed by atoms with Gasteiger partial charge >= 0.3 is 6.03 Å². The minimum atomic E-state index is -0.205. The van der Waals surface area contributed by atoms with Crippen molar-refractivity contribution >= 4 is 23.3 Å².